The maximum Gasteiger partial charge on any atom is 0.307 e. The number of aliphatic carboxylic acids is 1. The van der Waals surface area contributed by atoms with Crippen molar-refractivity contribution in [2.75, 3.05) is 0 Å². The third-order valence-corrected chi connectivity index (χ3v) is 4.24. The van der Waals surface area contributed by atoms with Crippen LogP contribution in [0.3, 0.4) is 0 Å². The molecule has 1 N–H and O–H groups in total. The van der Waals surface area contributed by atoms with Crippen LogP contribution in [0.15, 0.2) is 41.6 Å². The highest BCUT2D eigenvalue weighted by molar-refractivity contribution is 7.84. The van der Waals surface area contributed by atoms with Gasteiger partial charge in [-0.05, 0) is 24.6 Å². The Morgan fingerprint density at radius 1 is 1.30 bits per heavy atom. The van der Waals surface area contributed by atoms with Crippen LogP contribution in [0, 0.1) is 0 Å². The first-order chi connectivity index (χ1) is 9.58. The minimum absolute atomic E-state index is 0.0177. The average Bonchev–Trinajstić information content (AvgIpc) is 2.86. The number of carboxylic acid groups (broad SMARTS) is 1. The fourth-order valence-corrected chi connectivity index (χ4v) is 2.88. The van der Waals surface area contributed by atoms with Crippen molar-refractivity contribution in [3.05, 3.63) is 47.8 Å². The summed E-state index contributed by atoms with van der Waals surface area (Å²) >= 11 is 0. The van der Waals surface area contributed by atoms with Crippen LogP contribution in [-0.2, 0) is 34.3 Å². The molecule has 2 rings (SSSR count). The van der Waals surface area contributed by atoms with Gasteiger partial charge in [-0.15, -0.1) is 0 Å². The minimum Gasteiger partial charge on any atom is -0.481 e. The lowest BCUT2D eigenvalue weighted by Crippen LogP contribution is -2.01. The minimum atomic E-state index is -1.14. The van der Waals surface area contributed by atoms with Crippen LogP contribution in [0.25, 0.3) is 0 Å². The van der Waals surface area contributed by atoms with Gasteiger partial charge in [-0.1, -0.05) is 12.1 Å². The first-order valence-corrected chi connectivity index (χ1v) is 7.61. The van der Waals surface area contributed by atoms with Crippen molar-refractivity contribution in [3.8, 4) is 0 Å². The smallest absolute Gasteiger partial charge is 0.307 e. The lowest BCUT2D eigenvalue weighted by Gasteiger charge is -2.02. The van der Waals surface area contributed by atoms with Crippen molar-refractivity contribution in [1.29, 1.82) is 0 Å². The number of aromatic nitrogens is 2. The van der Waals surface area contributed by atoms with E-state index in [4.69, 9.17) is 5.11 Å². The van der Waals surface area contributed by atoms with Crippen LogP contribution >= 0.6 is 0 Å². The average molecular weight is 292 g/mol. The second-order valence-electron chi connectivity index (χ2n) is 4.41. The van der Waals surface area contributed by atoms with Crippen molar-refractivity contribution >= 4 is 16.8 Å². The molecular formula is C14H16N2O3S. The Balaban J connectivity index is 2.03. The van der Waals surface area contributed by atoms with Gasteiger partial charge in [-0.2, -0.15) is 5.10 Å². The van der Waals surface area contributed by atoms with E-state index in [-0.39, 0.29) is 6.42 Å². The quantitative estimate of drug-likeness (QED) is 0.881. The molecule has 2 aromatic rings. The second-order valence-corrected chi connectivity index (χ2v) is 5.86. The fraction of sp³-hybridized carbons (Fsp3) is 0.286. The van der Waals surface area contributed by atoms with E-state index in [9.17, 15) is 9.00 Å². The Morgan fingerprint density at radius 3 is 2.55 bits per heavy atom. The molecule has 20 heavy (non-hydrogen) atoms. The number of aryl methyl sites for hydroxylation is 1. The number of carbonyl (C=O) groups is 1. The zero-order valence-electron chi connectivity index (χ0n) is 11.2. The molecular weight excluding hydrogens is 276 g/mol. The Hall–Kier alpha value is -1.95. The van der Waals surface area contributed by atoms with Gasteiger partial charge in [-0.25, -0.2) is 0 Å². The summed E-state index contributed by atoms with van der Waals surface area (Å²) in [5.41, 5.74) is 1.64. The van der Waals surface area contributed by atoms with E-state index >= 15 is 0 Å². The second kappa shape index (κ2) is 6.47. The molecule has 0 aliphatic heterocycles. The van der Waals surface area contributed by atoms with E-state index in [2.05, 4.69) is 5.10 Å². The van der Waals surface area contributed by atoms with Crippen molar-refractivity contribution in [2.24, 2.45) is 0 Å². The Bertz CT molecular complexity index is 620. The van der Waals surface area contributed by atoms with Gasteiger partial charge >= 0.3 is 5.97 Å². The Morgan fingerprint density at radius 2 is 2.00 bits per heavy atom. The summed E-state index contributed by atoms with van der Waals surface area (Å²) < 4.78 is 14.0. The van der Waals surface area contributed by atoms with E-state index in [1.54, 1.807) is 35.1 Å². The molecule has 106 valence electrons. The molecule has 1 unspecified atom stereocenters. The molecule has 6 heteroatoms. The SMILES string of the molecule is CCn1cc(CS(=O)c2ccc(CC(=O)O)cc2)cn1. The molecule has 1 aromatic carbocycles. The molecule has 0 aliphatic rings. The molecule has 0 saturated heterocycles. The maximum absolute atomic E-state index is 12.2. The summed E-state index contributed by atoms with van der Waals surface area (Å²) in [5.74, 6) is -0.455. The van der Waals surface area contributed by atoms with Crippen LogP contribution in [0.5, 0.6) is 0 Å². The first-order valence-electron chi connectivity index (χ1n) is 6.29. The normalized spacial score (nSPS) is 12.2. The lowest BCUT2D eigenvalue weighted by molar-refractivity contribution is -0.136. The van der Waals surface area contributed by atoms with E-state index in [1.165, 1.54) is 0 Å². The molecule has 0 amide bonds. The van der Waals surface area contributed by atoms with Gasteiger partial charge < -0.3 is 5.11 Å². The molecule has 1 heterocycles. The molecule has 0 aliphatic carbocycles. The van der Waals surface area contributed by atoms with Crippen LogP contribution in [-0.4, -0.2) is 25.1 Å². The summed E-state index contributed by atoms with van der Waals surface area (Å²) in [6.45, 7) is 2.78. The summed E-state index contributed by atoms with van der Waals surface area (Å²) in [6, 6.07) is 6.85. The third-order valence-electron chi connectivity index (χ3n) is 2.85. The molecule has 5 nitrogen and oxygen atoms in total. The van der Waals surface area contributed by atoms with Crippen molar-refractivity contribution in [3.63, 3.8) is 0 Å². The zero-order chi connectivity index (χ0) is 14.5. The van der Waals surface area contributed by atoms with Crippen LogP contribution in [0.2, 0.25) is 0 Å². The van der Waals surface area contributed by atoms with Crippen molar-refractivity contribution < 1.29 is 14.1 Å². The number of benzene rings is 1. The molecule has 0 spiro atoms. The molecule has 0 radical (unpaired) electrons. The first kappa shape index (κ1) is 14.5. The highest BCUT2D eigenvalue weighted by Crippen LogP contribution is 2.13. The van der Waals surface area contributed by atoms with Gasteiger partial charge in [-0.3, -0.25) is 13.7 Å². The number of hydrogen-bond acceptors (Lipinski definition) is 3. The van der Waals surface area contributed by atoms with Gasteiger partial charge in [0.05, 0.1) is 29.2 Å². The van der Waals surface area contributed by atoms with E-state index < -0.39 is 16.8 Å². The molecule has 0 fully saturated rings. The summed E-state index contributed by atoms with van der Waals surface area (Å²) in [6.07, 6.45) is 3.59. The van der Waals surface area contributed by atoms with Crippen LogP contribution in [0.1, 0.15) is 18.1 Å². The number of hydrogen-bond donors (Lipinski definition) is 1. The van der Waals surface area contributed by atoms with Crippen LogP contribution < -0.4 is 0 Å². The highest BCUT2D eigenvalue weighted by Gasteiger charge is 2.08. The molecule has 0 saturated carbocycles. The summed E-state index contributed by atoms with van der Waals surface area (Å²) in [4.78, 5) is 11.3. The van der Waals surface area contributed by atoms with Crippen LogP contribution in [0.4, 0.5) is 0 Å². The lowest BCUT2D eigenvalue weighted by atomic mass is 10.2. The van der Waals surface area contributed by atoms with E-state index in [0.29, 0.717) is 16.2 Å². The summed E-state index contributed by atoms with van der Waals surface area (Å²) in [5, 5.41) is 12.8. The Kier molecular flexibility index (Phi) is 4.68. The van der Waals surface area contributed by atoms with Gasteiger partial charge in [0.2, 0.25) is 0 Å². The summed E-state index contributed by atoms with van der Waals surface area (Å²) in [7, 11) is -1.14. The van der Waals surface area contributed by atoms with E-state index in [0.717, 1.165) is 12.1 Å². The highest BCUT2D eigenvalue weighted by atomic mass is 32.2. The number of nitrogens with zero attached hydrogens (tertiary/aromatic N) is 2. The topological polar surface area (TPSA) is 72.2 Å². The van der Waals surface area contributed by atoms with Gasteiger partial charge in [0.15, 0.2) is 0 Å². The molecule has 1 aromatic heterocycles. The molecule has 1 atom stereocenters. The van der Waals surface area contributed by atoms with Gasteiger partial charge in [0, 0.05) is 23.2 Å². The van der Waals surface area contributed by atoms with Crippen molar-refractivity contribution in [2.45, 2.75) is 30.5 Å². The predicted molar refractivity (Wildman–Crippen MR) is 75.8 cm³/mol. The zero-order valence-corrected chi connectivity index (χ0v) is 12.0. The predicted octanol–water partition coefficient (Wildman–Crippen LogP) is 1.84. The fourth-order valence-electron chi connectivity index (χ4n) is 1.82. The van der Waals surface area contributed by atoms with Gasteiger partial charge in [0.1, 0.15) is 0 Å². The largest absolute Gasteiger partial charge is 0.481 e. The number of rotatable bonds is 6. The van der Waals surface area contributed by atoms with Gasteiger partial charge in [0.25, 0.3) is 0 Å². The van der Waals surface area contributed by atoms with Crippen molar-refractivity contribution in [1.82, 2.24) is 9.78 Å². The standard InChI is InChI=1S/C14H16N2O3S/c1-2-16-9-12(8-15-16)10-20(19)13-5-3-11(4-6-13)7-14(17)18/h3-6,8-9H,2,7,10H2,1H3,(H,17,18). The maximum atomic E-state index is 12.2. The third kappa shape index (κ3) is 3.77. The Labute approximate surface area is 119 Å². The monoisotopic (exact) mass is 292 g/mol. The number of carboxylic acids is 1. The van der Waals surface area contributed by atoms with E-state index in [1.807, 2.05) is 13.1 Å². The molecule has 0 bridgehead atoms.